The monoisotopic (exact) mass is 355 g/mol. The Labute approximate surface area is 155 Å². The van der Waals surface area contributed by atoms with E-state index in [1.807, 2.05) is 41.5 Å². The van der Waals surface area contributed by atoms with Gasteiger partial charge in [-0.1, -0.05) is 13.0 Å². The third-order valence-electron chi connectivity index (χ3n) is 4.50. The second-order valence-electron chi connectivity index (χ2n) is 6.69. The molecular weight excluding hydrogens is 326 g/mol. The summed E-state index contributed by atoms with van der Waals surface area (Å²) in [6, 6.07) is 8.04. The fraction of sp³-hybridized carbons (Fsp3) is 0.526. The van der Waals surface area contributed by atoms with Crippen molar-refractivity contribution in [2.45, 2.75) is 20.4 Å². The lowest BCUT2D eigenvalue weighted by Crippen LogP contribution is -2.52. The maximum Gasteiger partial charge on any atom is 0.194 e. The molecule has 1 atom stereocenters. The quantitative estimate of drug-likeness (QED) is 0.631. The van der Waals surface area contributed by atoms with Crippen LogP contribution in [0, 0.1) is 5.92 Å². The lowest BCUT2D eigenvalue weighted by molar-refractivity contribution is 0.368. The van der Waals surface area contributed by atoms with E-state index in [0.29, 0.717) is 5.92 Å². The number of piperazine rings is 1. The molecule has 2 aromatic heterocycles. The van der Waals surface area contributed by atoms with Gasteiger partial charge in [-0.25, -0.2) is 4.98 Å². The van der Waals surface area contributed by atoms with E-state index in [2.05, 4.69) is 45.1 Å². The highest BCUT2D eigenvalue weighted by Gasteiger charge is 2.20. The van der Waals surface area contributed by atoms with Crippen LogP contribution in [0.4, 0.5) is 5.82 Å². The molecule has 0 amide bonds. The van der Waals surface area contributed by atoms with Crippen molar-refractivity contribution in [3.63, 3.8) is 0 Å². The van der Waals surface area contributed by atoms with Gasteiger partial charge in [0, 0.05) is 64.4 Å². The zero-order valence-electron chi connectivity index (χ0n) is 15.8. The summed E-state index contributed by atoms with van der Waals surface area (Å²) in [6.45, 7) is 10.7. The number of nitrogens with zero attached hydrogens (tertiary/aromatic N) is 6. The molecule has 1 aliphatic heterocycles. The van der Waals surface area contributed by atoms with Crippen molar-refractivity contribution in [3.8, 4) is 0 Å². The maximum absolute atomic E-state index is 4.87. The molecule has 1 saturated heterocycles. The summed E-state index contributed by atoms with van der Waals surface area (Å²) in [5.41, 5.74) is 0. The van der Waals surface area contributed by atoms with Crippen LogP contribution in [0.3, 0.4) is 0 Å². The summed E-state index contributed by atoms with van der Waals surface area (Å²) in [5, 5.41) is 7.72. The molecule has 0 bridgehead atoms. The third-order valence-corrected chi connectivity index (χ3v) is 4.50. The number of aliphatic imine (C=N–C) groups is 1. The van der Waals surface area contributed by atoms with E-state index >= 15 is 0 Å². The predicted octanol–water partition coefficient (Wildman–Crippen LogP) is 1.70. The minimum absolute atomic E-state index is 0.443. The van der Waals surface area contributed by atoms with E-state index in [1.165, 1.54) is 0 Å². The van der Waals surface area contributed by atoms with Gasteiger partial charge in [-0.3, -0.25) is 9.67 Å². The van der Waals surface area contributed by atoms with E-state index in [-0.39, 0.29) is 0 Å². The molecule has 7 nitrogen and oxygen atoms in total. The van der Waals surface area contributed by atoms with Crippen molar-refractivity contribution in [1.82, 2.24) is 25.0 Å². The van der Waals surface area contributed by atoms with Crippen molar-refractivity contribution in [2.75, 3.05) is 44.2 Å². The highest BCUT2D eigenvalue weighted by molar-refractivity contribution is 5.80. The van der Waals surface area contributed by atoms with Crippen molar-refractivity contribution < 1.29 is 0 Å². The molecule has 0 radical (unpaired) electrons. The SMILES string of the molecule is CCNC(=NCC(C)Cn1cccn1)N1CCN(c2ccccn2)CC1. The smallest absolute Gasteiger partial charge is 0.194 e. The standard InChI is InChI=1S/C19H29N7/c1-3-20-19(22-15-17(2)16-26-10-6-9-23-26)25-13-11-24(12-14-25)18-7-4-5-8-21-18/h4-10,17H,3,11-16H2,1-2H3,(H,20,22). The third kappa shape index (κ3) is 4.97. The average molecular weight is 355 g/mol. The Morgan fingerprint density at radius 1 is 1.19 bits per heavy atom. The number of guanidine groups is 1. The second-order valence-corrected chi connectivity index (χ2v) is 6.69. The molecule has 7 heteroatoms. The fourth-order valence-electron chi connectivity index (χ4n) is 3.14. The zero-order valence-corrected chi connectivity index (χ0v) is 15.8. The molecule has 140 valence electrons. The van der Waals surface area contributed by atoms with Gasteiger partial charge < -0.3 is 15.1 Å². The first-order valence-corrected chi connectivity index (χ1v) is 9.43. The molecule has 1 aliphatic rings. The van der Waals surface area contributed by atoms with E-state index in [0.717, 1.165) is 57.6 Å². The summed E-state index contributed by atoms with van der Waals surface area (Å²) in [4.78, 5) is 14.0. The molecule has 0 spiro atoms. The maximum atomic E-state index is 4.87. The average Bonchev–Trinajstić information content (AvgIpc) is 3.19. The summed E-state index contributed by atoms with van der Waals surface area (Å²) in [6.07, 6.45) is 5.68. The number of pyridine rings is 1. The molecule has 0 aliphatic carbocycles. The fourth-order valence-corrected chi connectivity index (χ4v) is 3.14. The van der Waals surface area contributed by atoms with E-state index in [1.54, 1.807) is 0 Å². The molecule has 2 aromatic rings. The molecule has 1 N–H and O–H groups in total. The van der Waals surface area contributed by atoms with Crippen LogP contribution in [0.2, 0.25) is 0 Å². The van der Waals surface area contributed by atoms with Gasteiger partial charge in [-0.15, -0.1) is 0 Å². The van der Waals surface area contributed by atoms with Crippen LogP contribution in [-0.4, -0.2) is 64.9 Å². The predicted molar refractivity (Wildman–Crippen MR) is 105 cm³/mol. The van der Waals surface area contributed by atoms with Crippen molar-refractivity contribution >= 4 is 11.8 Å². The highest BCUT2D eigenvalue weighted by Crippen LogP contribution is 2.12. The number of rotatable bonds is 6. The molecule has 3 rings (SSSR count). The lowest BCUT2D eigenvalue weighted by Gasteiger charge is -2.37. The lowest BCUT2D eigenvalue weighted by atomic mass is 10.2. The topological polar surface area (TPSA) is 61.6 Å². The van der Waals surface area contributed by atoms with Gasteiger partial charge in [0.05, 0.1) is 0 Å². The second kappa shape index (κ2) is 9.22. The van der Waals surface area contributed by atoms with Gasteiger partial charge in [0.1, 0.15) is 5.82 Å². The van der Waals surface area contributed by atoms with Gasteiger partial charge in [-0.2, -0.15) is 5.10 Å². The minimum Gasteiger partial charge on any atom is -0.357 e. The van der Waals surface area contributed by atoms with Crippen LogP contribution in [0.1, 0.15) is 13.8 Å². The molecule has 1 fully saturated rings. The van der Waals surface area contributed by atoms with Crippen molar-refractivity contribution in [1.29, 1.82) is 0 Å². The number of hydrogen-bond donors (Lipinski definition) is 1. The molecule has 3 heterocycles. The van der Waals surface area contributed by atoms with Crippen LogP contribution in [0.25, 0.3) is 0 Å². The van der Waals surface area contributed by atoms with Gasteiger partial charge in [0.15, 0.2) is 5.96 Å². The Morgan fingerprint density at radius 2 is 2.04 bits per heavy atom. The first-order chi connectivity index (χ1) is 12.8. The van der Waals surface area contributed by atoms with Crippen molar-refractivity contribution in [2.24, 2.45) is 10.9 Å². The molecule has 1 unspecified atom stereocenters. The Balaban J connectivity index is 1.54. The molecule has 0 saturated carbocycles. The Kier molecular flexibility index (Phi) is 6.46. The van der Waals surface area contributed by atoms with E-state index in [4.69, 9.17) is 4.99 Å². The normalized spacial score (nSPS) is 16.6. The first-order valence-electron chi connectivity index (χ1n) is 9.43. The summed E-state index contributed by atoms with van der Waals surface area (Å²) in [7, 11) is 0. The zero-order chi connectivity index (χ0) is 18.2. The van der Waals surface area contributed by atoms with Gasteiger partial charge in [-0.05, 0) is 31.0 Å². The van der Waals surface area contributed by atoms with Gasteiger partial charge in [0.25, 0.3) is 0 Å². The number of nitrogens with one attached hydrogen (secondary N) is 1. The summed E-state index contributed by atoms with van der Waals surface area (Å²) < 4.78 is 1.97. The highest BCUT2D eigenvalue weighted by atomic mass is 15.4. The van der Waals surface area contributed by atoms with E-state index in [9.17, 15) is 0 Å². The Bertz CT molecular complexity index is 660. The van der Waals surface area contributed by atoms with Crippen LogP contribution in [-0.2, 0) is 6.54 Å². The largest absolute Gasteiger partial charge is 0.357 e. The Morgan fingerprint density at radius 3 is 2.69 bits per heavy atom. The molecule has 26 heavy (non-hydrogen) atoms. The minimum atomic E-state index is 0.443. The van der Waals surface area contributed by atoms with E-state index < -0.39 is 0 Å². The van der Waals surface area contributed by atoms with Crippen LogP contribution < -0.4 is 10.2 Å². The van der Waals surface area contributed by atoms with Crippen LogP contribution >= 0.6 is 0 Å². The number of hydrogen-bond acceptors (Lipinski definition) is 4. The number of anilines is 1. The van der Waals surface area contributed by atoms with Crippen LogP contribution in [0.15, 0.2) is 47.8 Å². The molecular formula is C19H29N7. The van der Waals surface area contributed by atoms with Gasteiger partial charge >= 0.3 is 0 Å². The van der Waals surface area contributed by atoms with Crippen LogP contribution in [0.5, 0.6) is 0 Å². The molecule has 0 aromatic carbocycles. The summed E-state index contributed by atoms with van der Waals surface area (Å²) in [5.74, 6) is 2.51. The van der Waals surface area contributed by atoms with Gasteiger partial charge in [0.2, 0.25) is 0 Å². The van der Waals surface area contributed by atoms with Crippen molar-refractivity contribution in [3.05, 3.63) is 42.9 Å². The summed E-state index contributed by atoms with van der Waals surface area (Å²) >= 11 is 0. The number of aromatic nitrogens is 3. The Hall–Kier alpha value is -2.57. The first kappa shape index (κ1) is 18.2.